The van der Waals surface area contributed by atoms with Gasteiger partial charge in [0.25, 0.3) is 0 Å². The number of benzene rings is 3. The molecule has 2 amide bonds. The van der Waals surface area contributed by atoms with Crippen LogP contribution in [0.4, 0.5) is 0 Å². The summed E-state index contributed by atoms with van der Waals surface area (Å²) in [5.74, 6) is -3.38. The van der Waals surface area contributed by atoms with Gasteiger partial charge in [0, 0.05) is 35.2 Å². The number of likely N-dealkylation sites (tertiary alicyclic amines) is 1. The van der Waals surface area contributed by atoms with Crippen LogP contribution in [0.15, 0.2) is 94.0 Å². The van der Waals surface area contributed by atoms with Crippen LogP contribution in [-0.2, 0) is 25.6 Å². The number of carbonyl (C=O) groups excluding carboxylic acids is 4. The third kappa shape index (κ3) is 4.00. The molecule has 0 spiro atoms. The van der Waals surface area contributed by atoms with Crippen molar-refractivity contribution >= 4 is 50.1 Å². The lowest BCUT2D eigenvalue weighted by Gasteiger charge is -2.42. The predicted octanol–water partition coefficient (Wildman–Crippen LogP) is 5.26. The Morgan fingerprint density at radius 2 is 1.64 bits per heavy atom. The lowest BCUT2D eigenvalue weighted by Crippen LogP contribution is -2.39. The standard InChI is InChI=1S/C34H26BrNO6/c35-25-16-27(39)30-24(32(25)40)15-23-21(31(30)29-20-4-2-1-3-18(20)7-12-26(29)38)10-11-22-28(23)34(42)36(33(22)41)14-13-17-5-8-19(37)9-6-17/h1-10,12,16,22-23,28,31,37-38H,11,13-15H2. The molecule has 7 nitrogen and oxygen atoms in total. The molecule has 0 bridgehead atoms. The summed E-state index contributed by atoms with van der Waals surface area (Å²) in [5.41, 5.74) is 2.89. The van der Waals surface area contributed by atoms with E-state index in [1.165, 1.54) is 11.0 Å². The Hall–Kier alpha value is -4.30. The summed E-state index contributed by atoms with van der Waals surface area (Å²) in [6.45, 7) is 0.213. The lowest BCUT2D eigenvalue weighted by atomic mass is 9.59. The van der Waals surface area contributed by atoms with Crippen molar-refractivity contribution in [1.82, 2.24) is 4.90 Å². The molecule has 3 aromatic carbocycles. The highest BCUT2D eigenvalue weighted by Gasteiger charge is 2.56. The molecule has 1 saturated heterocycles. The van der Waals surface area contributed by atoms with Crippen LogP contribution in [0.2, 0.25) is 0 Å². The van der Waals surface area contributed by atoms with E-state index in [0.717, 1.165) is 21.9 Å². The molecular weight excluding hydrogens is 598 g/mol. The Labute approximate surface area is 250 Å². The van der Waals surface area contributed by atoms with Crippen molar-refractivity contribution in [3.8, 4) is 11.5 Å². The molecule has 2 N–H and O–H groups in total. The smallest absolute Gasteiger partial charge is 0.233 e. The number of amides is 2. The zero-order chi connectivity index (χ0) is 29.3. The number of rotatable bonds is 4. The molecule has 210 valence electrons. The van der Waals surface area contributed by atoms with Gasteiger partial charge in [0.1, 0.15) is 11.5 Å². The fourth-order valence-electron chi connectivity index (χ4n) is 7.31. The highest BCUT2D eigenvalue weighted by molar-refractivity contribution is 9.12. The van der Waals surface area contributed by atoms with E-state index >= 15 is 0 Å². The van der Waals surface area contributed by atoms with E-state index < -0.39 is 23.7 Å². The fourth-order valence-corrected chi connectivity index (χ4v) is 7.76. The van der Waals surface area contributed by atoms with Gasteiger partial charge in [-0.05, 0) is 75.6 Å². The minimum atomic E-state index is -0.729. The van der Waals surface area contributed by atoms with E-state index in [4.69, 9.17) is 0 Å². The van der Waals surface area contributed by atoms with Crippen LogP contribution in [0.3, 0.4) is 0 Å². The van der Waals surface area contributed by atoms with E-state index in [0.29, 0.717) is 29.6 Å². The number of phenolic OH excluding ortho intramolecular Hbond substituents is 2. The van der Waals surface area contributed by atoms with Gasteiger partial charge in [0.2, 0.25) is 11.8 Å². The maximum absolute atomic E-state index is 14.0. The van der Waals surface area contributed by atoms with E-state index in [9.17, 15) is 29.4 Å². The van der Waals surface area contributed by atoms with Crippen LogP contribution >= 0.6 is 15.9 Å². The Balaban J connectivity index is 1.32. The normalized spacial score (nSPS) is 25.3. The number of hydrogen-bond acceptors (Lipinski definition) is 6. The van der Waals surface area contributed by atoms with Gasteiger partial charge >= 0.3 is 0 Å². The lowest BCUT2D eigenvalue weighted by molar-refractivity contribution is -0.140. The van der Waals surface area contributed by atoms with Crippen LogP contribution in [0, 0.1) is 17.8 Å². The minimum Gasteiger partial charge on any atom is -0.508 e. The van der Waals surface area contributed by atoms with Gasteiger partial charge in [-0.2, -0.15) is 0 Å². The van der Waals surface area contributed by atoms with Gasteiger partial charge in [-0.15, -0.1) is 0 Å². The Morgan fingerprint density at radius 1 is 0.881 bits per heavy atom. The summed E-state index contributed by atoms with van der Waals surface area (Å²) >= 11 is 3.26. The molecular formula is C34H26BrNO6. The third-order valence-corrected chi connectivity index (χ3v) is 9.81. The second kappa shape index (κ2) is 9.91. The van der Waals surface area contributed by atoms with Crippen molar-refractivity contribution in [3.63, 3.8) is 0 Å². The van der Waals surface area contributed by atoms with Crippen molar-refractivity contribution in [2.75, 3.05) is 6.54 Å². The van der Waals surface area contributed by atoms with E-state index in [1.807, 2.05) is 36.4 Å². The monoisotopic (exact) mass is 623 g/mol. The zero-order valence-corrected chi connectivity index (χ0v) is 24.0. The average molecular weight is 624 g/mol. The summed E-state index contributed by atoms with van der Waals surface area (Å²) in [7, 11) is 0. The van der Waals surface area contributed by atoms with Crippen LogP contribution in [0.5, 0.6) is 11.5 Å². The van der Waals surface area contributed by atoms with Gasteiger partial charge in [0.05, 0.1) is 16.3 Å². The number of Topliss-reactive ketones (excluding diaryl/α,β-unsaturated/α-hetero) is 1. The molecule has 4 atom stereocenters. The number of ketones is 2. The summed E-state index contributed by atoms with van der Waals surface area (Å²) in [4.78, 5) is 55.9. The zero-order valence-electron chi connectivity index (χ0n) is 22.4. The molecule has 7 rings (SSSR count). The molecule has 3 aromatic rings. The number of imide groups is 1. The van der Waals surface area contributed by atoms with Crippen LogP contribution in [0.1, 0.15) is 29.9 Å². The van der Waals surface area contributed by atoms with E-state index in [-0.39, 0.29) is 52.3 Å². The average Bonchev–Trinajstić information content (AvgIpc) is 3.23. The number of nitrogens with zero attached hydrogens (tertiary/aromatic N) is 1. The molecule has 42 heavy (non-hydrogen) atoms. The molecule has 0 radical (unpaired) electrons. The van der Waals surface area contributed by atoms with Crippen molar-refractivity contribution in [2.45, 2.75) is 25.2 Å². The van der Waals surface area contributed by atoms with Crippen molar-refractivity contribution in [1.29, 1.82) is 0 Å². The molecule has 4 aliphatic rings. The Bertz CT molecular complexity index is 1820. The minimum absolute atomic E-state index is 0.00689. The van der Waals surface area contributed by atoms with Crippen molar-refractivity contribution in [2.24, 2.45) is 17.8 Å². The second-order valence-electron chi connectivity index (χ2n) is 11.4. The molecule has 3 aliphatic carbocycles. The van der Waals surface area contributed by atoms with Crippen LogP contribution in [-0.4, -0.2) is 45.0 Å². The van der Waals surface area contributed by atoms with Gasteiger partial charge in [-0.3, -0.25) is 24.1 Å². The first-order chi connectivity index (χ1) is 20.2. The maximum atomic E-state index is 14.0. The topological polar surface area (TPSA) is 112 Å². The largest absolute Gasteiger partial charge is 0.508 e. The molecule has 8 heteroatoms. The predicted molar refractivity (Wildman–Crippen MR) is 159 cm³/mol. The molecule has 1 aliphatic heterocycles. The van der Waals surface area contributed by atoms with E-state index in [2.05, 4.69) is 15.9 Å². The van der Waals surface area contributed by atoms with Crippen molar-refractivity contribution < 1.29 is 29.4 Å². The number of aromatic hydroxyl groups is 2. The highest BCUT2D eigenvalue weighted by atomic mass is 79.9. The summed E-state index contributed by atoms with van der Waals surface area (Å²) in [6.07, 6.45) is 4.21. The van der Waals surface area contributed by atoms with Crippen LogP contribution < -0.4 is 0 Å². The SMILES string of the molecule is O=C1C=C(Br)C(=O)C2=C1C(c1c(O)ccc3ccccc13)C1=CCC3C(=O)N(CCc4ccc(O)cc4)C(=O)C3C1C2. The van der Waals surface area contributed by atoms with Crippen molar-refractivity contribution in [3.05, 3.63) is 105 Å². The highest BCUT2D eigenvalue weighted by Crippen LogP contribution is 2.57. The number of phenols is 2. The van der Waals surface area contributed by atoms with Gasteiger partial charge in [-0.25, -0.2) is 0 Å². The number of carbonyl (C=O) groups is 4. The summed E-state index contributed by atoms with van der Waals surface area (Å²) < 4.78 is 0.163. The first kappa shape index (κ1) is 26.6. The first-order valence-corrected chi connectivity index (χ1v) is 14.8. The summed E-state index contributed by atoms with van der Waals surface area (Å²) in [6, 6.07) is 17.7. The van der Waals surface area contributed by atoms with Gasteiger partial charge in [-0.1, -0.05) is 54.1 Å². The Kier molecular flexibility index (Phi) is 6.27. The third-order valence-electron chi connectivity index (χ3n) is 9.22. The number of fused-ring (bicyclic) bond motifs is 4. The first-order valence-electron chi connectivity index (χ1n) is 14.0. The van der Waals surface area contributed by atoms with Gasteiger partial charge < -0.3 is 10.2 Å². The maximum Gasteiger partial charge on any atom is 0.233 e. The molecule has 1 heterocycles. The number of hydrogen-bond donors (Lipinski definition) is 2. The quantitative estimate of drug-likeness (QED) is 0.233. The Morgan fingerprint density at radius 3 is 2.43 bits per heavy atom. The number of allylic oxidation sites excluding steroid dienone is 6. The fraction of sp³-hybridized carbons (Fsp3) is 0.235. The molecule has 4 unspecified atom stereocenters. The second-order valence-corrected chi connectivity index (χ2v) is 12.2. The van der Waals surface area contributed by atoms with Gasteiger partial charge in [0.15, 0.2) is 11.6 Å². The summed E-state index contributed by atoms with van der Waals surface area (Å²) in [5, 5.41) is 22.5. The molecule has 0 saturated carbocycles. The number of halogens is 1. The molecule has 0 aromatic heterocycles. The molecule has 1 fully saturated rings. The van der Waals surface area contributed by atoms with E-state index in [1.54, 1.807) is 30.3 Å². The van der Waals surface area contributed by atoms with Crippen LogP contribution in [0.25, 0.3) is 10.8 Å².